The molecule has 0 spiro atoms. The number of benzene rings is 1. The number of anilines is 1. The Kier molecular flexibility index (Phi) is 3.31. The maximum absolute atomic E-state index is 4.61. The standard InChI is InChI=1S/C20H20N6/c1-13-3-4-14-8-17(9-15(14)7-13)24-19-20-22-11-18(26(20)6-5-21-19)16-10-23-25(2)12-16/h3-7,10-12,17H,8-9H2,1-2H3,(H,21,24). The molecular weight excluding hydrogens is 324 g/mol. The Labute approximate surface area is 151 Å². The van der Waals surface area contributed by atoms with Crippen LogP contribution in [0.1, 0.15) is 16.7 Å². The number of rotatable bonds is 3. The Morgan fingerprint density at radius 2 is 2.00 bits per heavy atom. The van der Waals surface area contributed by atoms with Crippen LogP contribution in [0, 0.1) is 6.92 Å². The molecule has 3 aromatic heterocycles. The molecule has 130 valence electrons. The first-order chi connectivity index (χ1) is 12.7. The van der Waals surface area contributed by atoms with Crippen LogP contribution in [-0.2, 0) is 19.9 Å². The van der Waals surface area contributed by atoms with Crippen LogP contribution in [0.3, 0.4) is 0 Å². The van der Waals surface area contributed by atoms with E-state index in [0.717, 1.165) is 35.6 Å². The fourth-order valence-electron chi connectivity index (χ4n) is 3.83. The predicted octanol–water partition coefficient (Wildman–Crippen LogP) is 3.02. The van der Waals surface area contributed by atoms with Gasteiger partial charge in [0, 0.05) is 37.2 Å². The minimum atomic E-state index is 0.351. The molecule has 3 heterocycles. The Bertz CT molecular complexity index is 1110. The van der Waals surface area contributed by atoms with Crippen LogP contribution in [0.25, 0.3) is 16.9 Å². The lowest BCUT2D eigenvalue weighted by atomic mass is 10.1. The van der Waals surface area contributed by atoms with Crippen LogP contribution < -0.4 is 5.32 Å². The quantitative estimate of drug-likeness (QED) is 0.621. The van der Waals surface area contributed by atoms with E-state index in [4.69, 9.17) is 0 Å². The highest BCUT2D eigenvalue weighted by Crippen LogP contribution is 2.27. The number of fused-ring (bicyclic) bond motifs is 2. The van der Waals surface area contributed by atoms with E-state index in [0.29, 0.717) is 6.04 Å². The Balaban J connectivity index is 1.46. The summed E-state index contributed by atoms with van der Waals surface area (Å²) in [7, 11) is 1.92. The Morgan fingerprint density at radius 1 is 1.12 bits per heavy atom. The summed E-state index contributed by atoms with van der Waals surface area (Å²) < 4.78 is 3.87. The zero-order valence-electron chi connectivity index (χ0n) is 14.8. The summed E-state index contributed by atoms with van der Waals surface area (Å²) in [4.78, 5) is 9.16. The molecule has 26 heavy (non-hydrogen) atoms. The summed E-state index contributed by atoms with van der Waals surface area (Å²) >= 11 is 0. The van der Waals surface area contributed by atoms with Gasteiger partial charge >= 0.3 is 0 Å². The van der Waals surface area contributed by atoms with Gasteiger partial charge in [0.05, 0.1) is 18.1 Å². The van der Waals surface area contributed by atoms with E-state index < -0.39 is 0 Å². The van der Waals surface area contributed by atoms with Gasteiger partial charge < -0.3 is 5.32 Å². The monoisotopic (exact) mass is 344 g/mol. The van der Waals surface area contributed by atoms with Crippen molar-refractivity contribution in [1.29, 1.82) is 0 Å². The van der Waals surface area contributed by atoms with Crippen LogP contribution in [0.5, 0.6) is 0 Å². The molecule has 0 saturated heterocycles. The van der Waals surface area contributed by atoms with Crippen molar-refractivity contribution in [3.8, 4) is 11.3 Å². The van der Waals surface area contributed by atoms with E-state index in [9.17, 15) is 0 Å². The molecule has 0 aliphatic heterocycles. The summed E-state index contributed by atoms with van der Waals surface area (Å²) in [6.45, 7) is 2.15. The van der Waals surface area contributed by atoms with Crippen LogP contribution in [0.15, 0.2) is 49.2 Å². The average Bonchev–Trinajstić information content (AvgIpc) is 3.32. The molecule has 4 aromatic rings. The van der Waals surface area contributed by atoms with Crippen molar-refractivity contribution >= 4 is 11.5 Å². The number of hydrogen-bond acceptors (Lipinski definition) is 4. The first-order valence-electron chi connectivity index (χ1n) is 8.83. The van der Waals surface area contributed by atoms with Crippen molar-refractivity contribution in [3.05, 3.63) is 65.9 Å². The normalized spacial score (nSPS) is 16.2. The molecule has 0 bridgehead atoms. The van der Waals surface area contributed by atoms with E-state index in [1.165, 1.54) is 16.7 Å². The number of nitrogens with zero attached hydrogens (tertiary/aromatic N) is 5. The van der Waals surface area contributed by atoms with Gasteiger partial charge in [-0.25, -0.2) is 9.97 Å². The van der Waals surface area contributed by atoms with Crippen molar-refractivity contribution in [2.75, 3.05) is 5.32 Å². The van der Waals surface area contributed by atoms with E-state index in [2.05, 4.69) is 49.9 Å². The number of aryl methyl sites for hydroxylation is 2. The summed E-state index contributed by atoms with van der Waals surface area (Å²) in [5, 5.41) is 7.86. The van der Waals surface area contributed by atoms with E-state index in [1.807, 2.05) is 38.0 Å². The lowest BCUT2D eigenvalue weighted by molar-refractivity contribution is 0.768. The first-order valence-corrected chi connectivity index (χ1v) is 8.83. The summed E-state index contributed by atoms with van der Waals surface area (Å²) in [5.74, 6) is 0.831. The summed E-state index contributed by atoms with van der Waals surface area (Å²) in [6.07, 6.45) is 11.5. The van der Waals surface area contributed by atoms with Crippen molar-refractivity contribution in [2.24, 2.45) is 7.05 Å². The van der Waals surface area contributed by atoms with Crippen molar-refractivity contribution in [2.45, 2.75) is 25.8 Å². The highest BCUT2D eigenvalue weighted by atomic mass is 15.2. The van der Waals surface area contributed by atoms with Crippen LogP contribution in [0.2, 0.25) is 0 Å². The topological polar surface area (TPSA) is 60.0 Å². The fraction of sp³-hybridized carbons (Fsp3) is 0.250. The predicted molar refractivity (Wildman–Crippen MR) is 101 cm³/mol. The average molecular weight is 344 g/mol. The van der Waals surface area contributed by atoms with Gasteiger partial charge in [0.2, 0.25) is 0 Å². The minimum Gasteiger partial charge on any atom is -0.364 e. The lowest BCUT2D eigenvalue weighted by Crippen LogP contribution is -2.20. The second kappa shape index (κ2) is 5.69. The van der Waals surface area contributed by atoms with Gasteiger partial charge in [-0.15, -0.1) is 0 Å². The number of aromatic nitrogens is 5. The molecule has 6 nitrogen and oxygen atoms in total. The molecule has 6 heteroatoms. The summed E-state index contributed by atoms with van der Waals surface area (Å²) in [6, 6.07) is 7.08. The third-order valence-electron chi connectivity index (χ3n) is 5.06. The van der Waals surface area contributed by atoms with Gasteiger partial charge in [-0.2, -0.15) is 5.10 Å². The van der Waals surface area contributed by atoms with Gasteiger partial charge in [-0.1, -0.05) is 23.8 Å². The van der Waals surface area contributed by atoms with E-state index in [-0.39, 0.29) is 0 Å². The number of nitrogens with one attached hydrogen (secondary N) is 1. The molecule has 5 rings (SSSR count). The second-order valence-electron chi connectivity index (χ2n) is 7.04. The molecule has 1 aliphatic rings. The molecule has 1 unspecified atom stereocenters. The van der Waals surface area contributed by atoms with Crippen molar-refractivity contribution in [3.63, 3.8) is 0 Å². The Morgan fingerprint density at radius 3 is 2.85 bits per heavy atom. The molecule has 1 aliphatic carbocycles. The smallest absolute Gasteiger partial charge is 0.180 e. The van der Waals surface area contributed by atoms with Crippen molar-refractivity contribution < 1.29 is 0 Å². The largest absolute Gasteiger partial charge is 0.364 e. The van der Waals surface area contributed by atoms with Crippen LogP contribution in [-0.4, -0.2) is 30.2 Å². The van der Waals surface area contributed by atoms with Crippen LogP contribution >= 0.6 is 0 Å². The van der Waals surface area contributed by atoms with Gasteiger partial charge in [0.25, 0.3) is 0 Å². The molecule has 0 amide bonds. The van der Waals surface area contributed by atoms with Crippen molar-refractivity contribution in [1.82, 2.24) is 24.1 Å². The van der Waals surface area contributed by atoms with E-state index >= 15 is 0 Å². The van der Waals surface area contributed by atoms with Gasteiger partial charge in [0.15, 0.2) is 11.5 Å². The highest BCUT2D eigenvalue weighted by Gasteiger charge is 2.23. The second-order valence-corrected chi connectivity index (χ2v) is 7.04. The number of imidazole rings is 1. The van der Waals surface area contributed by atoms with Gasteiger partial charge in [-0.05, 0) is 30.9 Å². The maximum atomic E-state index is 4.61. The molecule has 0 fully saturated rings. The van der Waals surface area contributed by atoms with Gasteiger partial charge in [0.1, 0.15) is 0 Å². The SMILES string of the molecule is Cc1ccc2c(c1)CC(Nc1nccn3c(-c4cnn(C)c4)cnc13)C2. The highest BCUT2D eigenvalue weighted by molar-refractivity contribution is 5.70. The zero-order valence-corrected chi connectivity index (χ0v) is 14.8. The molecule has 1 atom stereocenters. The maximum Gasteiger partial charge on any atom is 0.180 e. The summed E-state index contributed by atoms with van der Waals surface area (Å²) in [5.41, 5.74) is 7.09. The van der Waals surface area contributed by atoms with Crippen LogP contribution in [0.4, 0.5) is 5.82 Å². The fourth-order valence-corrected chi connectivity index (χ4v) is 3.83. The minimum absolute atomic E-state index is 0.351. The third-order valence-corrected chi connectivity index (χ3v) is 5.06. The molecular formula is C20H20N6. The molecule has 1 aromatic carbocycles. The first kappa shape index (κ1) is 15.1. The molecule has 0 saturated carbocycles. The third kappa shape index (κ3) is 2.45. The lowest BCUT2D eigenvalue weighted by Gasteiger charge is -2.13. The number of hydrogen-bond donors (Lipinski definition) is 1. The molecule has 0 radical (unpaired) electrons. The zero-order chi connectivity index (χ0) is 17.7. The molecule has 1 N–H and O–H groups in total. The Hall–Kier alpha value is -3.15. The van der Waals surface area contributed by atoms with E-state index in [1.54, 1.807) is 4.68 Å². The van der Waals surface area contributed by atoms with Gasteiger partial charge in [-0.3, -0.25) is 9.08 Å².